The Morgan fingerprint density at radius 3 is 2.53 bits per heavy atom. The Balaban J connectivity index is 2.15. The van der Waals surface area contributed by atoms with Crippen molar-refractivity contribution >= 4 is 23.2 Å². The second-order valence-electron chi connectivity index (χ2n) is 3.19. The molecule has 1 heterocycles. The SMILES string of the molecule is O=C(Nc1ccc(F)c(F)c1)c1ccc(Cl)o1. The van der Waals surface area contributed by atoms with Gasteiger partial charge in [-0.3, -0.25) is 4.79 Å². The molecule has 0 aliphatic carbocycles. The maximum Gasteiger partial charge on any atom is 0.291 e. The molecule has 6 heteroatoms. The van der Waals surface area contributed by atoms with Gasteiger partial charge in [-0.05, 0) is 35.9 Å². The van der Waals surface area contributed by atoms with Crippen LogP contribution in [0.4, 0.5) is 14.5 Å². The zero-order valence-electron chi connectivity index (χ0n) is 8.34. The average Bonchev–Trinajstić information content (AvgIpc) is 2.70. The largest absolute Gasteiger partial charge is 0.440 e. The molecular weight excluding hydrogens is 252 g/mol. The van der Waals surface area contributed by atoms with Crippen molar-refractivity contribution < 1.29 is 18.0 Å². The van der Waals surface area contributed by atoms with E-state index in [4.69, 9.17) is 16.0 Å². The van der Waals surface area contributed by atoms with Gasteiger partial charge in [0.25, 0.3) is 5.91 Å². The number of benzene rings is 1. The number of anilines is 1. The van der Waals surface area contributed by atoms with E-state index in [0.717, 1.165) is 12.1 Å². The van der Waals surface area contributed by atoms with Gasteiger partial charge in [0.1, 0.15) is 0 Å². The Kier molecular flexibility index (Phi) is 3.10. The van der Waals surface area contributed by atoms with Crippen molar-refractivity contribution in [1.29, 1.82) is 0 Å². The molecule has 0 bridgehead atoms. The van der Waals surface area contributed by atoms with E-state index in [-0.39, 0.29) is 16.7 Å². The van der Waals surface area contributed by atoms with Gasteiger partial charge in [0.15, 0.2) is 22.6 Å². The second kappa shape index (κ2) is 4.55. The summed E-state index contributed by atoms with van der Waals surface area (Å²) in [5.41, 5.74) is 0.126. The highest BCUT2D eigenvalue weighted by molar-refractivity contribution is 6.29. The van der Waals surface area contributed by atoms with Crippen LogP contribution in [-0.4, -0.2) is 5.91 Å². The van der Waals surface area contributed by atoms with E-state index in [9.17, 15) is 13.6 Å². The van der Waals surface area contributed by atoms with Crippen LogP contribution < -0.4 is 5.32 Å². The standard InChI is InChI=1S/C11H6ClF2NO2/c12-10-4-3-9(17-10)11(16)15-6-1-2-7(13)8(14)5-6/h1-5H,(H,15,16). The molecule has 88 valence electrons. The molecule has 1 amide bonds. The predicted octanol–water partition coefficient (Wildman–Crippen LogP) is 3.46. The third-order valence-electron chi connectivity index (χ3n) is 1.97. The zero-order chi connectivity index (χ0) is 12.4. The van der Waals surface area contributed by atoms with E-state index in [1.807, 2.05) is 0 Å². The third-order valence-corrected chi connectivity index (χ3v) is 2.18. The van der Waals surface area contributed by atoms with Gasteiger partial charge in [0.05, 0.1) is 0 Å². The van der Waals surface area contributed by atoms with Crippen LogP contribution in [0.5, 0.6) is 0 Å². The van der Waals surface area contributed by atoms with Gasteiger partial charge < -0.3 is 9.73 Å². The van der Waals surface area contributed by atoms with Gasteiger partial charge in [-0.15, -0.1) is 0 Å². The molecular formula is C11H6ClF2NO2. The van der Waals surface area contributed by atoms with Crippen molar-refractivity contribution in [2.24, 2.45) is 0 Å². The molecule has 0 aliphatic heterocycles. The predicted molar refractivity (Wildman–Crippen MR) is 58.0 cm³/mol. The summed E-state index contributed by atoms with van der Waals surface area (Å²) in [7, 11) is 0. The Hall–Kier alpha value is -1.88. The highest BCUT2D eigenvalue weighted by Gasteiger charge is 2.11. The lowest BCUT2D eigenvalue weighted by atomic mass is 10.3. The lowest BCUT2D eigenvalue weighted by Crippen LogP contribution is -2.11. The van der Waals surface area contributed by atoms with Crippen LogP contribution in [0.3, 0.4) is 0 Å². The van der Waals surface area contributed by atoms with E-state index in [1.165, 1.54) is 18.2 Å². The fraction of sp³-hybridized carbons (Fsp3) is 0. The molecule has 0 spiro atoms. The maximum atomic E-state index is 12.9. The lowest BCUT2D eigenvalue weighted by molar-refractivity contribution is 0.0996. The highest BCUT2D eigenvalue weighted by Crippen LogP contribution is 2.17. The van der Waals surface area contributed by atoms with Crippen molar-refractivity contribution in [2.45, 2.75) is 0 Å². The minimum atomic E-state index is -1.04. The van der Waals surface area contributed by atoms with Crippen molar-refractivity contribution in [3.05, 3.63) is 52.9 Å². The van der Waals surface area contributed by atoms with Crippen LogP contribution >= 0.6 is 11.6 Å². The molecule has 2 rings (SSSR count). The van der Waals surface area contributed by atoms with Crippen LogP contribution in [0.1, 0.15) is 10.6 Å². The number of carbonyl (C=O) groups is 1. The quantitative estimate of drug-likeness (QED) is 0.895. The Labute approximate surface area is 100.0 Å². The van der Waals surface area contributed by atoms with Gasteiger partial charge in [0.2, 0.25) is 0 Å². The fourth-order valence-corrected chi connectivity index (χ4v) is 1.35. The van der Waals surface area contributed by atoms with Crippen LogP contribution in [-0.2, 0) is 0 Å². The topological polar surface area (TPSA) is 42.2 Å². The third kappa shape index (κ3) is 2.62. The van der Waals surface area contributed by atoms with E-state index >= 15 is 0 Å². The summed E-state index contributed by atoms with van der Waals surface area (Å²) in [6, 6.07) is 5.80. The number of hydrogen-bond acceptors (Lipinski definition) is 2. The van der Waals surface area contributed by atoms with E-state index in [0.29, 0.717) is 0 Å². The maximum absolute atomic E-state index is 12.9. The molecule has 1 aromatic heterocycles. The van der Waals surface area contributed by atoms with Crippen molar-refractivity contribution in [3.8, 4) is 0 Å². The van der Waals surface area contributed by atoms with Crippen LogP contribution in [0.15, 0.2) is 34.7 Å². The Morgan fingerprint density at radius 2 is 1.94 bits per heavy atom. The lowest BCUT2D eigenvalue weighted by Gasteiger charge is -2.03. The van der Waals surface area contributed by atoms with E-state index in [1.54, 1.807) is 0 Å². The molecule has 17 heavy (non-hydrogen) atoms. The summed E-state index contributed by atoms with van der Waals surface area (Å²) in [6.07, 6.45) is 0. The monoisotopic (exact) mass is 257 g/mol. The minimum Gasteiger partial charge on any atom is -0.440 e. The Bertz CT molecular complexity index is 568. The normalized spacial score (nSPS) is 10.3. The molecule has 0 atom stereocenters. The number of hydrogen-bond donors (Lipinski definition) is 1. The van der Waals surface area contributed by atoms with Crippen LogP contribution in [0.25, 0.3) is 0 Å². The van der Waals surface area contributed by atoms with Crippen LogP contribution in [0, 0.1) is 11.6 Å². The number of carbonyl (C=O) groups excluding carboxylic acids is 1. The van der Waals surface area contributed by atoms with Gasteiger partial charge in [-0.25, -0.2) is 8.78 Å². The number of amides is 1. The highest BCUT2D eigenvalue weighted by atomic mass is 35.5. The number of rotatable bonds is 2. The molecule has 1 aromatic carbocycles. The Morgan fingerprint density at radius 1 is 1.18 bits per heavy atom. The number of furan rings is 1. The van der Waals surface area contributed by atoms with Crippen molar-refractivity contribution in [1.82, 2.24) is 0 Å². The first-order valence-electron chi connectivity index (χ1n) is 4.58. The minimum absolute atomic E-state index is 0.0141. The summed E-state index contributed by atoms with van der Waals surface area (Å²) in [4.78, 5) is 11.5. The number of halogens is 3. The van der Waals surface area contributed by atoms with Crippen molar-refractivity contribution in [3.63, 3.8) is 0 Å². The van der Waals surface area contributed by atoms with E-state index in [2.05, 4.69) is 5.32 Å². The second-order valence-corrected chi connectivity index (χ2v) is 3.56. The van der Waals surface area contributed by atoms with Gasteiger partial charge in [-0.2, -0.15) is 0 Å². The molecule has 0 radical (unpaired) electrons. The van der Waals surface area contributed by atoms with Gasteiger partial charge in [-0.1, -0.05) is 0 Å². The molecule has 1 N–H and O–H groups in total. The molecule has 3 nitrogen and oxygen atoms in total. The average molecular weight is 258 g/mol. The van der Waals surface area contributed by atoms with Gasteiger partial charge in [0, 0.05) is 11.8 Å². The molecule has 0 aliphatic rings. The van der Waals surface area contributed by atoms with Crippen molar-refractivity contribution in [2.75, 3.05) is 5.32 Å². The first-order valence-corrected chi connectivity index (χ1v) is 4.96. The summed E-state index contributed by atoms with van der Waals surface area (Å²) in [5, 5.41) is 2.41. The van der Waals surface area contributed by atoms with E-state index < -0.39 is 17.5 Å². The molecule has 0 saturated carbocycles. The first kappa shape index (κ1) is 11.6. The van der Waals surface area contributed by atoms with Crippen LogP contribution in [0.2, 0.25) is 5.22 Å². The van der Waals surface area contributed by atoms with Gasteiger partial charge >= 0.3 is 0 Å². The number of nitrogens with one attached hydrogen (secondary N) is 1. The summed E-state index contributed by atoms with van der Waals surface area (Å²) >= 11 is 5.50. The molecule has 0 saturated heterocycles. The smallest absolute Gasteiger partial charge is 0.291 e. The molecule has 0 fully saturated rings. The summed E-state index contributed by atoms with van der Waals surface area (Å²) < 4.78 is 30.4. The summed E-state index contributed by atoms with van der Waals surface area (Å²) in [6.45, 7) is 0. The molecule has 2 aromatic rings. The fourth-order valence-electron chi connectivity index (χ4n) is 1.20. The first-order chi connectivity index (χ1) is 8.06. The molecule has 0 unspecified atom stereocenters. The zero-order valence-corrected chi connectivity index (χ0v) is 9.09. The summed E-state index contributed by atoms with van der Waals surface area (Å²) in [5.74, 6) is -2.63.